The number of amides is 2. The van der Waals surface area contributed by atoms with Gasteiger partial charge in [-0.15, -0.1) is 0 Å². The first kappa shape index (κ1) is 24.9. The zero-order valence-corrected chi connectivity index (χ0v) is 21.9. The average Bonchev–Trinajstić information content (AvgIpc) is 3.64. The van der Waals surface area contributed by atoms with Gasteiger partial charge >= 0.3 is 0 Å². The maximum atomic E-state index is 13.4. The molecule has 0 bridgehead atoms. The van der Waals surface area contributed by atoms with Crippen LogP contribution in [0.25, 0.3) is 0 Å². The molecule has 3 aromatic carbocycles. The Morgan fingerprint density at radius 3 is 2.38 bits per heavy atom. The normalized spacial score (nSPS) is 15.3. The van der Waals surface area contributed by atoms with Crippen LogP contribution in [0.15, 0.2) is 91.3 Å². The van der Waals surface area contributed by atoms with Crippen LogP contribution in [0.2, 0.25) is 0 Å². The monoisotopic (exact) mass is 520 g/mol. The van der Waals surface area contributed by atoms with E-state index < -0.39 is 0 Å². The third kappa shape index (κ3) is 5.71. The minimum Gasteiger partial charge on any atom is -0.368 e. The number of hydrogen-bond donors (Lipinski definition) is 1. The molecule has 1 fully saturated rings. The molecule has 39 heavy (non-hydrogen) atoms. The number of nitrogens with zero attached hydrogens (tertiary/aromatic N) is 5. The van der Waals surface area contributed by atoms with Gasteiger partial charge in [-0.25, -0.2) is 0 Å². The van der Waals surface area contributed by atoms with Crippen molar-refractivity contribution in [1.82, 2.24) is 19.6 Å². The number of aromatic nitrogens is 2. The Bertz CT molecular complexity index is 1450. The van der Waals surface area contributed by atoms with E-state index in [9.17, 15) is 9.59 Å². The first-order valence-corrected chi connectivity index (χ1v) is 13.4. The lowest BCUT2D eigenvalue weighted by Gasteiger charge is -2.36. The van der Waals surface area contributed by atoms with Gasteiger partial charge in [-0.2, -0.15) is 5.10 Å². The molecule has 1 saturated heterocycles. The number of hydrogen-bond acceptors (Lipinski definition) is 5. The number of para-hydroxylation sites is 1. The van der Waals surface area contributed by atoms with Gasteiger partial charge < -0.3 is 15.1 Å². The maximum absolute atomic E-state index is 13.4. The highest BCUT2D eigenvalue weighted by molar-refractivity contribution is 6.08. The molecule has 6 rings (SSSR count). The van der Waals surface area contributed by atoms with Crippen LogP contribution < -0.4 is 10.2 Å². The van der Waals surface area contributed by atoms with Crippen LogP contribution in [0.1, 0.15) is 27.0 Å². The molecule has 1 aromatic heterocycles. The quantitative estimate of drug-likeness (QED) is 0.399. The van der Waals surface area contributed by atoms with E-state index in [1.165, 1.54) is 5.56 Å². The first-order valence-electron chi connectivity index (χ1n) is 13.4. The summed E-state index contributed by atoms with van der Waals surface area (Å²) < 4.78 is 1.64. The summed E-state index contributed by atoms with van der Waals surface area (Å²) in [7, 11) is 0. The van der Waals surface area contributed by atoms with E-state index in [4.69, 9.17) is 0 Å². The maximum Gasteiger partial charge on any atom is 0.257 e. The number of anilines is 2. The molecule has 0 atom stereocenters. The zero-order valence-electron chi connectivity index (χ0n) is 21.9. The molecule has 2 aliphatic heterocycles. The van der Waals surface area contributed by atoms with Crippen molar-refractivity contribution < 1.29 is 9.59 Å². The molecule has 8 nitrogen and oxygen atoms in total. The van der Waals surface area contributed by atoms with Gasteiger partial charge in [-0.05, 0) is 47.0 Å². The fourth-order valence-corrected chi connectivity index (χ4v) is 5.41. The van der Waals surface area contributed by atoms with Crippen LogP contribution in [-0.4, -0.2) is 57.6 Å². The van der Waals surface area contributed by atoms with Gasteiger partial charge in [0.1, 0.15) is 6.54 Å². The fourth-order valence-electron chi connectivity index (χ4n) is 5.41. The van der Waals surface area contributed by atoms with Gasteiger partial charge in [0.05, 0.1) is 5.56 Å². The molecule has 1 N–H and O–H groups in total. The Balaban J connectivity index is 1.08. The number of benzene rings is 3. The number of piperazine rings is 1. The molecule has 0 unspecified atom stereocenters. The lowest BCUT2D eigenvalue weighted by atomic mass is 10.1. The Hall–Kier alpha value is -4.43. The third-order valence-electron chi connectivity index (χ3n) is 7.51. The lowest BCUT2D eigenvalue weighted by Crippen LogP contribution is -2.46. The van der Waals surface area contributed by atoms with Crippen molar-refractivity contribution in [2.24, 2.45) is 0 Å². The van der Waals surface area contributed by atoms with Gasteiger partial charge in [0.15, 0.2) is 0 Å². The SMILES string of the molecule is O=C(Nc1ccc2c(c1)CN(C(=O)Cn1cccn1)C2)c1ccccc1N1CCN(Cc2ccccc2)CC1. The third-order valence-corrected chi connectivity index (χ3v) is 7.51. The zero-order chi connectivity index (χ0) is 26.6. The van der Waals surface area contributed by atoms with E-state index in [2.05, 4.69) is 44.5 Å². The first-order chi connectivity index (χ1) is 19.1. The number of nitrogens with one attached hydrogen (secondary N) is 1. The van der Waals surface area contributed by atoms with Crippen LogP contribution in [0.5, 0.6) is 0 Å². The van der Waals surface area contributed by atoms with E-state index in [1.54, 1.807) is 17.1 Å². The predicted octanol–water partition coefficient (Wildman–Crippen LogP) is 4.00. The summed E-state index contributed by atoms with van der Waals surface area (Å²) in [5, 5.41) is 7.23. The summed E-state index contributed by atoms with van der Waals surface area (Å²) in [4.78, 5) is 32.7. The summed E-state index contributed by atoms with van der Waals surface area (Å²) in [5.74, 6) is -0.0971. The lowest BCUT2D eigenvalue weighted by molar-refractivity contribution is -0.132. The van der Waals surface area contributed by atoms with Crippen LogP contribution in [0.3, 0.4) is 0 Å². The van der Waals surface area contributed by atoms with Crippen molar-refractivity contribution in [2.75, 3.05) is 36.4 Å². The molecule has 2 aliphatic rings. The molecule has 0 saturated carbocycles. The van der Waals surface area contributed by atoms with Gasteiger partial charge in [0.2, 0.25) is 5.91 Å². The summed E-state index contributed by atoms with van der Waals surface area (Å²) in [6, 6.07) is 26.1. The molecule has 0 radical (unpaired) electrons. The molecular formula is C31H32N6O2. The van der Waals surface area contributed by atoms with E-state index in [0.29, 0.717) is 18.7 Å². The molecule has 2 amide bonds. The molecule has 0 aliphatic carbocycles. The van der Waals surface area contributed by atoms with Gasteiger partial charge in [0, 0.05) is 69.6 Å². The topological polar surface area (TPSA) is 73.7 Å². The van der Waals surface area contributed by atoms with E-state index in [1.807, 2.05) is 59.5 Å². The minimum absolute atomic E-state index is 0.0262. The molecule has 198 valence electrons. The van der Waals surface area contributed by atoms with Crippen molar-refractivity contribution in [2.45, 2.75) is 26.2 Å². The van der Waals surface area contributed by atoms with Crippen LogP contribution in [0.4, 0.5) is 11.4 Å². The van der Waals surface area contributed by atoms with Crippen LogP contribution in [0, 0.1) is 0 Å². The molecule has 3 heterocycles. The second-order valence-electron chi connectivity index (χ2n) is 10.2. The van der Waals surface area contributed by atoms with Crippen LogP contribution in [-0.2, 0) is 31.0 Å². The smallest absolute Gasteiger partial charge is 0.257 e. The Morgan fingerprint density at radius 2 is 1.59 bits per heavy atom. The summed E-state index contributed by atoms with van der Waals surface area (Å²) >= 11 is 0. The highest BCUT2D eigenvalue weighted by atomic mass is 16.2. The summed E-state index contributed by atoms with van der Waals surface area (Å²) in [5.41, 5.74) is 5.87. The van der Waals surface area contributed by atoms with Crippen molar-refractivity contribution in [3.63, 3.8) is 0 Å². The van der Waals surface area contributed by atoms with Gasteiger partial charge in [0.25, 0.3) is 5.91 Å². The number of fused-ring (bicyclic) bond motifs is 1. The standard InChI is InChI=1S/C31H32N6O2/c38-30(23-37-14-6-13-32-37)36-21-25-11-12-27(19-26(25)22-36)33-31(39)28-9-4-5-10-29(28)35-17-15-34(16-18-35)20-24-7-2-1-3-8-24/h1-14,19H,15-18,20-23H2,(H,33,39). The van der Waals surface area contributed by atoms with Crippen molar-refractivity contribution in [1.29, 1.82) is 0 Å². The summed E-state index contributed by atoms with van der Waals surface area (Å²) in [6.07, 6.45) is 3.46. The average molecular weight is 521 g/mol. The summed E-state index contributed by atoms with van der Waals surface area (Å²) in [6.45, 7) is 5.92. The highest BCUT2D eigenvalue weighted by Gasteiger charge is 2.25. The predicted molar refractivity (Wildman–Crippen MR) is 151 cm³/mol. The number of carbonyl (C=O) groups is 2. The Morgan fingerprint density at radius 1 is 0.821 bits per heavy atom. The van der Waals surface area contributed by atoms with E-state index >= 15 is 0 Å². The van der Waals surface area contributed by atoms with E-state index in [0.717, 1.165) is 55.2 Å². The van der Waals surface area contributed by atoms with Crippen molar-refractivity contribution >= 4 is 23.2 Å². The fraction of sp³-hybridized carbons (Fsp3) is 0.258. The minimum atomic E-state index is -0.123. The van der Waals surface area contributed by atoms with E-state index in [-0.39, 0.29) is 18.4 Å². The highest BCUT2D eigenvalue weighted by Crippen LogP contribution is 2.28. The van der Waals surface area contributed by atoms with Gasteiger partial charge in [-0.3, -0.25) is 19.2 Å². The van der Waals surface area contributed by atoms with Crippen molar-refractivity contribution in [3.05, 3.63) is 114 Å². The number of rotatable bonds is 7. The molecule has 4 aromatic rings. The van der Waals surface area contributed by atoms with Crippen LogP contribution >= 0.6 is 0 Å². The number of carbonyl (C=O) groups excluding carboxylic acids is 2. The molecular weight excluding hydrogens is 488 g/mol. The Kier molecular flexibility index (Phi) is 7.10. The molecule has 0 spiro atoms. The largest absolute Gasteiger partial charge is 0.368 e. The van der Waals surface area contributed by atoms with Gasteiger partial charge in [-0.1, -0.05) is 48.5 Å². The Labute approximate surface area is 228 Å². The van der Waals surface area contributed by atoms with Crippen molar-refractivity contribution in [3.8, 4) is 0 Å². The molecule has 8 heteroatoms. The second kappa shape index (κ2) is 11.1. The second-order valence-corrected chi connectivity index (χ2v) is 10.2.